The predicted octanol–water partition coefficient (Wildman–Crippen LogP) is 6.35. The molecule has 8 nitrogen and oxygen atoms in total. The van der Waals surface area contributed by atoms with Gasteiger partial charge in [-0.2, -0.15) is 0 Å². The van der Waals surface area contributed by atoms with Crippen molar-refractivity contribution in [3.05, 3.63) is 70.0 Å². The van der Waals surface area contributed by atoms with Crippen LogP contribution in [0.1, 0.15) is 72.0 Å². The van der Waals surface area contributed by atoms with E-state index in [1.807, 2.05) is 37.3 Å². The standard InChI is InChI=1S/C30H32ClN5O3/c1-18-14-21(34-26-25(31)27(33-17-32-26)35-28(37)20-8-9-20)15-23-24(18)29(38)36(30(23)12-4-3-5-13-30)16-19-6-10-22(39-2)11-7-19/h6-7,10-11,14-15,17,20H,3-5,8-9,12-13,16H2,1-2H3,(H2,32,33,34,35,37). The monoisotopic (exact) mass is 545 g/mol. The molecule has 2 amide bonds. The lowest BCUT2D eigenvalue weighted by molar-refractivity contribution is -0.117. The predicted molar refractivity (Wildman–Crippen MR) is 150 cm³/mol. The molecule has 1 aliphatic heterocycles. The number of hydrogen-bond acceptors (Lipinski definition) is 6. The molecule has 1 aromatic heterocycles. The van der Waals surface area contributed by atoms with Crippen LogP contribution in [0.2, 0.25) is 5.02 Å². The summed E-state index contributed by atoms with van der Waals surface area (Å²) in [4.78, 5) is 36.8. The van der Waals surface area contributed by atoms with Crippen LogP contribution in [-0.2, 0) is 16.9 Å². The number of methoxy groups -OCH3 is 1. The third kappa shape index (κ3) is 4.71. The van der Waals surface area contributed by atoms with E-state index in [0.717, 1.165) is 72.2 Å². The van der Waals surface area contributed by atoms with Crippen molar-refractivity contribution < 1.29 is 14.3 Å². The largest absolute Gasteiger partial charge is 0.497 e. The topological polar surface area (TPSA) is 96.4 Å². The van der Waals surface area contributed by atoms with Crippen LogP contribution in [0.15, 0.2) is 42.7 Å². The van der Waals surface area contributed by atoms with Crippen molar-refractivity contribution in [2.45, 2.75) is 64.0 Å². The van der Waals surface area contributed by atoms with Crippen molar-refractivity contribution in [3.8, 4) is 5.75 Å². The van der Waals surface area contributed by atoms with Gasteiger partial charge < -0.3 is 20.3 Å². The molecule has 0 bridgehead atoms. The number of carbonyl (C=O) groups excluding carboxylic acids is 2. The summed E-state index contributed by atoms with van der Waals surface area (Å²) < 4.78 is 5.32. The Balaban J connectivity index is 1.33. The number of ether oxygens (including phenoxy) is 1. The van der Waals surface area contributed by atoms with Crippen LogP contribution in [0, 0.1) is 12.8 Å². The van der Waals surface area contributed by atoms with E-state index in [2.05, 4.69) is 31.6 Å². The number of rotatable bonds is 7. The fraction of sp³-hybridized carbons (Fsp3) is 0.400. The second-order valence-electron chi connectivity index (χ2n) is 10.8. The maximum absolute atomic E-state index is 13.9. The zero-order valence-corrected chi connectivity index (χ0v) is 23.0. The van der Waals surface area contributed by atoms with E-state index in [9.17, 15) is 9.59 Å². The smallest absolute Gasteiger partial charge is 0.255 e. The Morgan fingerprint density at radius 3 is 2.51 bits per heavy atom. The Bertz CT molecular complexity index is 1430. The van der Waals surface area contributed by atoms with Gasteiger partial charge in [0.15, 0.2) is 11.6 Å². The van der Waals surface area contributed by atoms with Gasteiger partial charge in [0.1, 0.15) is 17.1 Å². The molecule has 2 fully saturated rings. The second kappa shape index (κ2) is 10.2. The first kappa shape index (κ1) is 25.6. The number of halogens is 1. The quantitative estimate of drug-likeness (QED) is 0.359. The highest BCUT2D eigenvalue weighted by molar-refractivity contribution is 6.35. The van der Waals surface area contributed by atoms with Crippen LogP contribution >= 0.6 is 11.6 Å². The molecule has 2 saturated carbocycles. The molecule has 39 heavy (non-hydrogen) atoms. The summed E-state index contributed by atoms with van der Waals surface area (Å²) in [5.41, 5.74) is 4.29. The number of hydrogen-bond donors (Lipinski definition) is 2. The van der Waals surface area contributed by atoms with E-state index in [4.69, 9.17) is 16.3 Å². The van der Waals surface area contributed by atoms with Crippen LogP contribution in [-0.4, -0.2) is 33.8 Å². The molecule has 202 valence electrons. The lowest BCUT2D eigenvalue weighted by atomic mass is 9.76. The molecule has 2 N–H and O–H groups in total. The van der Waals surface area contributed by atoms with Gasteiger partial charge in [0.05, 0.1) is 12.6 Å². The Kier molecular flexibility index (Phi) is 6.67. The molecule has 0 radical (unpaired) electrons. The minimum Gasteiger partial charge on any atom is -0.497 e. The van der Waals surface area contributed by atoms with Gasteiger partial charge in [-0.25, -0.2) is 9.97 Å². The maximum Gasteiger partial charge on any atom is 0.255 e. The van der Waals surface area contributed by atoms with Crippen LogP contribution in [0.4, 0.5) is 17.3 Å². The highest BCUT2D eigenvalue weighted by Crippen LogP contribution is 2.51. The average molecular weight is 546 g/mol. The summed E-state index contributed by atoms with van der Waals surface area (Å²) in [6.07, 6.45) is 8.35. The average Bonchev–Trinajstić information content (AvgIpc) is 3.77. The van der Waals surface area contributed by atoms with Crippen molar-refractivity contribution in [1.82, 2.24) is 14.9 Å². The highest BCUT2D eigenvalue weighted by atomic mass is 35.5. The van der Waals surface area contributed by atoms with Gasteiger partial charge in [0, 0.05) is 23.7 Å². The number of fused-ring (bicyclic) bond motifs is 2. The molecule has 2 heterocycles. The first-order chi connectivity index (χ1) is 18.9. The van der Waals surface area contributed by atoms with Crippen molar-refractivity contribution in [1.29, 1.82) is 0 Å². The second-order valence-corrected chi connectivity index (χ2v) is 11.2. The molecule has 0 saturated heterocycles. The zero-order chi connectivity index (χ0) is 27.1. The fourth-order valence-electron chi connectivity index (χ4n) is 6.04. The van der Waals surface area contributed by atoms with E-state index in [1.165, 1.54) is 12.7 Å². The van der Waals surface area contributed by atoms with E-state index < -0.39 is 0 Å². The summed E-state index contributed by atoms with van der Waals surface area (Å²) in [5.74, 6) is 1.56. The Morgan fingerprint density at radius 2 is 1.82 bits per heavy atom. The van der Waals surface area contributed by atoms with Crippen LogP contribution in [0.3, 0.4) is 0 Å². The number of anilines is 3. The first-order valence-corrected chi connectivity index (χ1v) is 14.0. The Hall–Kier alpha value is -3.65. The summed E-state index contributed by atoms with van der Waals surface area (Å²) >= 11 is 6.61. The molecule has 2 aliphatic carbocycles. The molecule has 3 aliphatic rings. The van der Waals surface area contributed by atoms with Gasteiger partial charge in [-0.05, 0) is 73.6 Å². The van der Waals surface area contributed by atoms with E-state index in [-0.39, 0.29) is 28.3 Å². The highest BCUT2D eigenvalue weighted by Gasteiger charge is 2.50. The van der Waals surface area contributed by atoms with E-state index in [1.54, 1.807) is 7.11 Å². The number of nitrogens with one attached hydrogen (secondary N) is 2. The molecule has 0 atom stereocenters. The van der Waals surface area contributed by atoms with Crippen LogP contribution in [0.25, 0.3) is 0 Å². The van der Waals surface area contributed by atoms with Gasteiger partial charge in [-0.15, -0.1) is 0 Å². The third-order valence-electron chi connectivity index (χ3n) is 8.23. The molecule has 9 heteroatoms. The summed E-state index contributed by atoms with van der Waals surface area (Å²) in [6.45, 7) is 2.53. The first-order valence-electron chi connectivity index (χ1n) is 13.6. The Morgan fingerprint density at radius 1 is 1.10 bits per heavy atom. The lowest BCUT2D eigenvalue weighted by Gasteiger charge is -2.42. The maximum atomic E-state index is 13.9. The van der Waals surface area contributed by atoms with E-state index in [0.29, 0.717) is 18.2 Å². The van der Waals surface area contributed by atoms with Gasteiger partial charge in [0.25, 0.3) is 5.91 Å². The van der Waals surface area contributed by atoms with Gasteiger partial charge >= 0.3 is 0 Å². The normalized spacial score (nSPS) is 17.7. The number of nitrogens with zero attached hydrogens (tertiary/aromatic N) is 3. The van der Waals surface area contributed by atoms with E-state index >= 15 is 0 Å². The van der Waals surface area contributed by atoms with Gasteiger partial charge in [-0.3, -0.25) is 9.59 Å². The summed E-state index contributed by atoms with van der Waals surface area (Å²) in [5, 5.41) is 6.41. The lowest BCUT2D eigenvalue weighted by Crippen LogP contribution is -2.44. The molecule has 2 aromatic carbocycles. The third-order valence-corrected chi connectivity index (χ3v) is 8.59. The van der Waals surface area contributed by atoms with Crippen molar-refractivity contribution in [3.63, 3.8) is 0 Å². The molecule has 1 spiro atoms. The van der Waals surface area contributed by atoms with Gasteiger partial charge in [-0.1, -0.05) is 43.0 Å². The van der Waals surface area contributed by atoms with Crippen molar-refractivity contribution >= 4 is 40.7 Å². The van der Waals surface area contributed by atoms with Crippen molar-refractivity contribution in [2.75, 3.05) is 17.7 Å². The van der Waals surface area contributed by atoms with Crippen molar-refractivity contribution in [2.24, 2.45) is 5.92 Å². The summed E-state index contributed by atoms with van der Waals surface area (Å²) in [6, 6.07) is 12.0. The van der Waals surface area contributed by atoms with Gasteiger partial charge in [0.2, 0.25) is 5.91 Å². The molecule has 0 unspecified atom stereocenters. The molecular formula is C30H32ClN5O3. The zero-order valence-electron chi connectivity index (χ0n) is 22.2. The van der Waals surface area contributed by atoms with Crippen LogP contribution < -0.4 is 15.4 Å². The summed E-state index contributed by atoms with van der Waals surface area (Å²) in [7, 11) is 1.65. The van der Waals surface area contributed by atoms with Crippen LogP contribution in [0.5, 0.6) is 5.75 Å². The minimum absolute atomic E-state index is 0.0388. The minimum atomic E-state index is -0.355. The Labute approximate surface area is 233 Å². The number of aryl methyl sites for hydroxylation is 1. The molecule has 6 rings (SSSR count). The molecule has 3 aromatic rings. The number of carbonyl (C=O) groups is 2. The SMILES string of the molecule is COc1ccc(CN2C(=O)c3c(C)cc(Nc4ncnc(NC(=O)C5CC5)c4Cl)cc3C23CCCCC3)cc1. The number of amides is 2. The number of aromatic nitrogens is 2. The molecular weight excluding hydrogens is 514 g/mol. The number of benzene rings is 2. The fourth-order valence-corrected chi connectivity index (χ4v) is 6.23.